The molecule has 0 aliphatic heterocycles. The Morgan fingerprint density at radius 1 is 1.00 bits per heavy atom. The summed E-state index contributed by atoms with van der Waals surface area (Å²) in [5, 5.41) is 17.7. The molecule has 2 aromatic carbocycles. The van der Waals surface area contributed by atoms with Crippen molar-refractivity contribution >= 4 is 22.7 Å². The van der Waals surface area contributed by atoms with Crippen molar-refractivity contribution in [2.24, 2.45) is 11.8 Å². The van der Waals surface area contributed by atoms with Crippen LogP contribution >= 0.6 is 0 Å². The first-order chi connectivity index (χ1) is 15.9. The Morgan fingerprint density at radius 3 is 2.39 bits per heavy atom. The number of pyridine rings is 1. The highest BCUT2D eigenvalue weighted by Crippen LogP contribution is 2.21. The fourth-order valence-electron chi connectivity index (χ4n) is 4.14. The monoisotopic (exact) mass is 447 g/mol. The van der Waals surface area contributed by atoms with Gasteiger partial charge in [0.1, 0.15) is 0 Å². The molecule has 33 heavy (non-hydrogen) atoms. The molecule has 3 N–H and O–H groups in total. The number of fused-ring (bicyclic) bond motifs is 1. The Balaban J connectivity index is 1.81. The third-order valence-electron chi connectivity index (χ3n) is 5.83. The van der Waals surface area contributed by atoms with E-state index in [9.17, 15) is 14.7 Å². The minimum absolute atomic E-state index is 0.0914. The van der Waals surface area contributed by atoms with E-state index in [-0.39, 0.29) is 24.2 Å². The van der Waals surface area contributed by atoms with Crippen molar-refractivity contribution in [3.8, 4) is 0 Å². The molecule has 0 aliphatic carbocycles. The molecule has 0 saturated carbocycles. The maximum absolute atomic E-state index is 13.1. The van der Waals surface area contributed by atoms with Crippen LogP contribution in [0.25, 0.3) is 10.9 Å². The van der Waals surface area contributed by atoms with E-state index in [0.717, 1.165) is 16.5 Å². The lowest BCUT2D eigenvalue weighted by Crippen LogP contribution is -2.46. The van der Waals surface area contributed by atoms with Crippen molar-refractivity contribution in [1.29, 1.82) is 0 Å². The molecule has 1 heterocycles. The average Bonchev–Trinajstić information content (AvgIpc) is 2.82. The maximum Gasteiger partial charge on any atom is 0.253 e. The van der Waals surface area contributed by atoms with Crippen LogP contribution in [0.5, 0.6) is 0 Å². The second kappa shape index (κ2) is 11.6. The molecule has 0 bridgehead atoms. The molecule has 3 aromatic rings. The topological polar surface area (TPSA) is 91.3 Å². The second-order valence-corrected chi connectivity index (χ2v) is 8.93. The fourth-order valence-corrected chi connectivity index (χ4v) is 4.14. The first-order valence-electron chi connectivity index (χ1n) is 11.5. The predicted molar refractivity (Wildman–Crippen MR) is 131 cm³/mol. The van der Waals surface area contributed by atoms with Crippen molar-refractivity contribution in [2.75, 3.05) is 7.05 Å². The number of aliphatic hydroxyl groups is 1. The van der Waals surface area contributed by atoms with Crippen LogP contribution in [0.1, 0.15) is 42.6 Å². The van der Waals surface area contributed by atoms with Crippen molar-refractivity contribution < 1.29 is 14.7 Å². The summed E-state index contributed by atoms with van der Waals surface area (Å²) in [6, 6.07) is 18.6. The number of benzene rings is 2. The van der Waals surface area contributed by atoms with E-state index < -0.39 is 12.1 Å². The first-order valence-corrected chi connectivity index (χ1v) is 11.5. The molecule has 2 amide bonds. The third kappa shape index (κ3) is 6.86. The molecular formula is C27H33N3O3. The van der Waals surface area contributed by atoms with Crippen LogP contribution < -0.4 is 10.6 Å². The summed E-state index contributed by atoms with van der Waals surface area (Å²) >= 11 is 0. The van der Waals surface area contributed by atoms with Gasteiger partial charge in [-0.2, -0.15) is 0 Å². The molecule has 3 atom stereocenters. The van der Waals surface area contributed by atoms with Gasteiger partial charge >= 0.3 is 0 Å². The number of rotatable bonds is 10. The fraction of sp³-hybridized carbons (Fsp3) is 0.370. The average molecular weight is 448 g/mol. The largest absolute Gasteiger partial charge is 0.391 e. The smallest absolute Gasteiger partial charge is 0.253 e. The standard InChI is InChI=1S/C27H33N3O3/c1-18(2)13-21(26(32)28-3)16-25(31)24(14-19-9-5-4-6-10-19)30-27(33)22-15-20-11-7-8-12-23(20)29-17-22/h4-12,15,17-18,21,24-25,31H,13-14,16H2,1-3H3,(H,28,32)(H,30,33)/t21-,24+,25+/m1/s1. The van der Waals surface area contributed by atoms with Gasteiger partial charge in [-0.15, -0.1) is 0 Å². The Kier molecular flexibility index (Phi) is 8.55. The predicted octanol–water partition coefficient (Wildman–Crippen LogP) is 3.74. The molecule has 0 radical (unpaired) electrons. The van der Waals surface area contributed by atoms with Crippen molar-refractivity contribution in [1.82, 2.24) is 15.6 Å². The van der Waals surface area contributed by atoms with Crippen LogP contribution in [-0.2, 0) is 11.2 Å². The third-order valence-corrected chi connectivity index (χ3v) is 5.83. The summed E-state index contributed by atoms with van der Waals surface area (Å²) in [4.78, 5) is 29.9. The van der Waals surface area contributed by atoms with Crippen molar-refractivity contribution in [3.05, 3.63) is 78.0 Å². The van der Waals surface area contributed by atoms with Crippen LogP contribution in [0.3, 0.4) is 0 Å². The van der Waals surface area contributed by atoms with E-state index in [0.29, 0.717) is 24.3 Å². The minimum atomic E-state index is -0.886. The van der Waals surface area contributed by atoms with Gasteiger partial charge in [0.15, 0.2) is 0 Å². The molecule has 3 rings (SSSR count). The van der Waals surface area contributed by atoms with Gasteiger partial charge in [0.05, 0.1) is 23.2 Å². The van der Waals surface area contributed by atoms with Gasteiger partial charge < -0.3 is 15.7 Å². The van der Waals surface area contributed by atoms with E-state index in [4.69, 9.17) is 0 Å². The molecule has 6 heteroatoms. The van der Waals surface area contributed by atoms with Gasteiger partial charge in [0.2, 0.25) is 5.91 Å². The van der Waals surface area contributed by atoms with Gasteiger partial charge in [0.25, 0.3) is 5.91 Å². The van der Waals surface area contributed by atoms with E-state index in [1.165, 1.54) is 0 Å². The van der Waals surface area contributed by atoms with Gasteiger partial charge in [0, 0.05) is 24.5 Å². The van der Waals surface area contributed by atoms with Crippen molar-refractivity contribution in [3.63, 3.8) is 0 Å². The number of carbonyl (C=O) groups excluding carboxylic acids is 2. The van der Waals surface area contributed by atoms with Crippen LogP contribution in [0, 0.1) is 11.8 Å². The molecule has 0 unspecified atom stereocenters. The summed E-state index contributed by atoms with van der Waals surface area (Å²) in [5.41, 5.74) is 2.25. The zero-order valence-corrected chi connectivity index (χ0v) is 19.5. The highest BCUT2D eigenvalue weighted by Gasteiger charge is 2.29. The summed E-state index contributed by atoms with van der Waals surface area (Å²) in [5.74, 6) is -0.410. The molecule has 0 aliphatic rings. The molecule has 1 aromatic heterocycles. The molecule has 0 saturated heterocycles. The Labute approximate surface area is 195 Å². The highest BCUT2D eigenvalue weighted by molar-refractivity contribution is 5.97. The quantitative estimate of drug-likeness (QED) is 0.442. The lowest BCUT2D eigenvalue weighted by molar-refractivity contribution is -0.126. The zero-order chi connectivity index (χ0) is 23.8. The number of amides is 2. The molecule has 174 valence electrons. The Morgan fingerprint density at radius 2 is 1.70 bits per heavy atom. The number of aromatic nitrogens is 1. The van der Waals surface area contributed by atoms with E-state index >= 15 is 0 Å². The molecule has 6 nitrogen and oxygen atoms in total. The molecule has 0 fully saturated rings. The first kappa shape index (κ1) is 24.4. The molecule has 0 spiro atoms. The SMILES string of the molecule is CNC(=O)[C@H](CC(C)C)C[C@H](O)[C@H](Cc1ccccc1)NC(=O)c1cnc2ccccc2c1. The minimum Gasteiger partial charge on any atom is -0.391 e. The maximum atomic E-state index is 13.1. The van der Waals surface area contributed by atoms with Crippen LogP contribution in [0.4, 0.5) is 0 Å². The number of carbonyl (C=O) groups is 2. The number of hydrogen-bond donors (Lipinski definition) is 3. The van der Waals surface area contributed by atoms with Gasteiger partial charge in [-0.25, -0.2) is 0 Å². The van der Waals surface area contributed by atoms with Gasteiger partial charge in [-0.3, -0.25) is 14.6 Å². The van der Waals surface area contributed by atoms with Crippen LogP contribution in [-0.4, -0.2) is 41.1 Å². The lowest BCUT2D eigenvalue weighted by Gasteiger charge is -2.28. The van der Waals surface area contributed by atoms with E-state index in [1.54, 1.807) is 19.3 Å². The number of para-hydroxylation sites is 1. The zero-order valence-electron chi connectivity index (χ0n) is 19.5. The van der Waals surface area contributed by atoms with Crippen LogP contribution in [0.2, 0.25) is 0 Å². The van der Waals surface area contributed by atoms with Gasteiger partial charge in [-0.1, -0.05) is 62.4 Å². The van der Waals surface area contributed by atoms with Gasteiger partial charge in [-0.05, 0) is 42.9 Å². The highest BCUT2D eigenvalue weighted by atomic mass is 16.3. The summed E-state index contributed by atoms with van der Waals surface area (Å²) in [7, 11) is 1.61. The van der Waals surface area contributed by atoms with E-state index in [1.807, 2.05) is 54.6 Å². The lowest BCUT2D eigenvalue weighted by atomic mass is 9.87. The number of aliphatic hydroxyl groups excluding tert-OH is 1. The Bertz CT molecular complexity index is 1070. The number of nitrogens with zero attached hydrogens (tertiary/aromatic N) is 1. The van der Waals surface area contributed by atoms with Crippen molar-refractivity contribution in [2.45, 2.75) is 45.3 Å². The summed E-state index contributed by atoms with van der Waals surface area (Å²) in [6.07, 6.45) is 2.05. The normalized spacial score (nSPS) is 14.0. The summed E-state index contributed by atoms with van der Waals surface area (Å²) in [6.45, 7) is 4.11. The number of nitrogens with one attached hydrogen (secondary N) is 2. The summed E-state index contributed by atoms with van der Waals surface area (Å²) < 4.78 is 0. The number of hydrogen-bond acceptors (Lipinski definition) is 4. The Hall–Kier alpha value is -3.25. The molecular weight excluding hydrogens is 414 g/mol. The van der Waals surface area contributed by atoms with Crippen LogP contribution in [0.15, 0.2) is 66.9 Å². The van der Waals surface area contributed by atoms with E-state index in [2.05, 4.69) is 29.5 Å². The second-order valence-electron chi connectivity index (χ2n) is 8.93.